The van der Waals surface area contributed by atoms with E-state index in [1.807, 2.05) is 0 Å². The van der Waals surface area contributed by atoms with Gasteiger partial charge >= 0.3 is 0 Å². The average Bonchev–Trinajstić information content (AvgIpc) is 2.28. The lowest BCUT2D eigenvalue weighted by molar-refractivity contribution is -0.125. The monoisotopic (exact) mass is 168 g/mol. The summed E-state index contributed by atoms with van der Waals surface area (Å²) < 4.78 is 0. The van der Waals surface area contributed by atoms with Crippen molar-refractivity contribution in [3.05, 3.63) is 0 Å². The fourth-order valence-corrected chi connectivity index (χ4v) is 2.80. The van der Waals surface area contributed by atoms with Gasteiger partial charge in [-0.15, -0.1) is 0 Å². The van der Waals surface area contributed by atoms with Gasteiger partial charge in [-0.25, -0.2) is 0 Å². The third-order valence-electron chi connectivity index (χ3n) is 3.55. The zero-order valence-electron chi connectivity index (χ0n) is 7.33. The number of aliphatic hydroxyl groups is 1. The highest BCUT2D eigenvalue weighted by molar-refractivity contribution is 5.84. The van der Waals surface area contributed by atoms with Crippen LogP contribution in [0.5, 0.6) is 0 Å². The Hall–Kier alpha value is -0.370. The Labute approximate surface area is 73.0 Å². The van der Waals surface area contributed by atoms with Crippen LogP contribution in [0.25, 0.3) is 0 Å². The Bertz CT molecular complexity index is 188. The second-order valence-electron chi connectivity index (χ2n) is 4.14. The molecule has 0 saturated heterocycles. The largest absolute Gasteiger partial charge is 0.396 e. The quantitative estimate of drug-likeness (QED) is 0.691. The Kier molecular flexibility index (Phi) is 2.18. The first-order valence-electron chi connectivity index (χ1n) is 4.96. The third kappa shape index (κ3) is 1.18. The van der Waals surface area contributed by atoms with Gasteiger partial charge in [-0.05, 0) is 37.5 Å². The van der Waals surface area contributed by atoms with Gasteiger partial charge < -0.3 is 5.11 Å². The highest BCUT2D eigenvalue weighted by Gasteiger charge is 2.47. The lowest BCUT2D eigenvalue weighted by atomic mass is 9.65. The van der Waals surface area contributed by atoms with Crippen molar-refractivity contribution in [2.24, 2.45) is 17.8 Å². The number of aliphatic hydroxyl groups excluding tert-OH is 1. The molecule has 2 saturated carbocycles. The maximum absolute atomic E-state index is 11.2. The Morgan fingerprint density at radius 3 is 3.00 bits per heavy atom. The Balaban J connectivity index is 1.80. The van der Waals surface area contributed by atoms with E-state index < -0.39 is 0 Å². The maximum atomic E-state index is 11.2. The molecule has 68 valence electrons. The molecule has 2 aliphatic rings. The van der Waals surface area contributed by atoms with Gasteiger partial charge in [0.25, 0.3) is 0 Å². The van der Waals surface area contributed by atoms with Crippen LogP contribution in [0.1, 0.15) is 32.1 Å². The molecule has 2 heteroatoms. The van der Waals surface area contributed by atoms with Crippen molar-refractivity contribution in [1.29, 1.82) is 0 Å². The first kappa shape index (κ1) is 8.24. The normalized spacial score (nSPS) is 39.4. The van der Waals surface area contributed by atoms with Gasteiger partial charge in [-0.2, -0.15) is 0 Å². The summed E-state index contributed by atoms with van der Waals surface area (Å²) in [5.74, 6) is 2.38. The topological polar surface area (TPSA) is 37.3 Å². The van der Waals surface area contributed by atoms with Gasteiger partial charge in [0.15, 0.2) is 0 Å². The molecular formula is C10H16O2. The lowest BCUT2D eigenvalue weighted by Gasteiger charge is -2.39. The average molecular weight is 168 g/mol. The minimum atomic E-state index is 0.307. The molecule has 12 heavy (non-hydrogen) atoms. The van der Waals surface area contributed by atoms with E-state index in [0.717, 1.165) is 38.0 Å². The van der Waals surface area contributed by atoms with Crippen LogP contribution >= 0.6 is 0 Å². The number of rotatable bonds is 3. The van der Waals surface area contributed by atoms with Crippen LogP contribution in [0, 0.1) is 17.8 Å². The molecule has 3 atom stereocenters. The van der Waals surface area contributed by atoms with Crippen molar-refractivity contribution in [1.82, 2.24) is 0 Å². The van der Waals surface area contributed by atoms with E-state index in [1.165, 1.54) is 0 Å². The van der Waals surface area contributed by atoms with Crippen LogP contribution in [-0.4, -0.2) is 17.5 Å². The van der Waals surface area contributed by atoms with E-state index >= 15 is 0 Å². The van der Waals surface area contributed by atoms with Crippen LogP contribution in [0.15, 0.2) is 0 Å². The van der Waals surface area contributed by atoms with Crippen LogP contribution in [-0.2, 0) is 4.79 Å². The van der Waals surface area contributed by atoms with E-state index in [4.69, 9.17) is 5.11 Å². The van der Waals surface area contributed by atoms with E-state index in [-0.39, 0.29) is 0 Å². The van der Waals surface area contributed by atoms with Gasteiger partial charge in [0.1, 0.15) is 5.78 Å². The number of hydrogen-bond donors (Lipinski definition) is 1. The zero-order chi connectivity index (χ0) is 8.55. The highest BCUT2D eigenvalue weighted by atomic mass is 16.2. The van der Waals surface area contributed by atoms with Crippen molar-refractivity contribution >= 4 is 5.78 Å². The summed E-state index contributed by atoms with van der Waals surface area (Å²) in [5, 5.41) is 8.66. The molecule has 0 bridgehead atoms. The first-order valence-corrected chi connectivity index (χ1v) is 4.96. The summed E-state index contributed by atoms with van der Waals surface area (Å²) in [6.07, 6.45) is 5.11. The van der Waals surface area contributed by atoms with Crippen LogP contribution in [0.3, 0.4) is 0 Å². The molecule has 2 fully saturated rings. The zero-order valence-corrected chi connectivity index (χ0v) is 7.33. The minimum Gasteiger partial charge on any atom is -0.396 e. The number of Topliss-reactive ketones (excluding diaryl/α,β-unsaturated/α-hetero) is 1. The maximum Gasteiger partial charge on any atom is 0.136 e. The van der Waals surface area contributed by atoms with Crippen LogP contribution < -0.4 is 0 Å². The van der Waals surface area contributed by atoms with Crippen molar-refractivity contribution in [3.63, 3.8) is 0 Å². The predicted octanol–water partition coefficient (Wildman–Crippen LogP) is 1.37. The van der Waals surface area contributed by atoms with E-state index in [0.29, 0.717) is 24.2 Å². The van der Waals surface area contributed by atoms with Gasteiger partial charge in [-0.3, -0.25) is 4.79 Å². The summed E-state index contributed by atoms with van der Waals surface area (Å²) in [6.45, 7) is 0.307. The molecule has 2 nitrogen and oxygen atoms in total. The van der Waals surface area contributed by atoms with Crippen molar-refractivity contribution < 1.29 is 9.90 Å². The molecule has 0 aromatic carbocycles. The summed E-state index contributed by atoms with van der Waals surface area (Å²) in [6, 6.07) is 0. The molecule has 0 aliphatic heterocycles. The number of carbonyl (C=O) groups is 1. The lowest BCUT2D eigenvalue weighted by Crippen LogP contribution is -2.35. The van der Waals surface area contributed by atoms with Gasteiger partial charge in [0, 0.05) is 18.9 Å². The minimum absolute atomic E-state index is 0.307. The summed E-state index contributed by atoms with van der Waals surface area (Å²) >= 11 is 0. The Morgan fingerprint density at radius 1 is 1.50 bits per heavy atom. The van der Waals surface area contributed by atoms with Crippen molar-refractivity contribution in [2.45, 2.75) is 32.1 Å². The SMILES string of the molecule is O=C1CCC2C(CCCO)CC12. The Morgan fingerprint density at radius 2 is 2.33 bits per heavy atom. The fraction of sp³-hybridized carbons (Fsp3) is 0.900. The van der Waals surface area contributed by atoms with Crippen LogP contribution in [0.2, 0.25) is 0 Å². The molecule has 2 rings (SSSR count). The number of fused-ring (bicyclic) bond motifs is 1. The van der Waals surface area contributed by atoms with Crippen molar-refractivity contribution in [3.8, 4) is 0 Å². The second kappa shape index (κ2) is 3.17. The van der Waals surface area contributed by atoms with Crippen molar-refractivity contribution in [2.75, 3.05) is 6.61 Å². The molecule has 0 aromatic rings. The van der Waals surface area contributed by atoms with E-state index in [9.17, 15) is 4.79 Å². The second-order valence-corrected chi connectivity index (χ2v) is 4.14. The summed E-state index contributed by atoms with van der Waals surface area (Å²) in [5.41, 5.74) is 0. The summed E-state index contributed by atoms with van der Waals surface area (Å²) in [4.78, 5) is 11.2. The molecule has 1 N–H and O–H groups in total. The van der Waals surface area contributed by atoms with Crippen LogP contribution in [0.4, 0.5) is 0 Å². The number of hydrogen-bond acceptors (Lipinski definition) is 2. The molecule has 0 aromatic heterocycles. The molecule has 0 radical (unpaired) electrons. The van der Waals surface area contributed by atoms with E-state index in [1.54, 1.807) is 0 Å². The van der Waals surface area contributed by atoms with Gasteiger partial charge in [0.2, 0.25) is 0 Å². The molecular weight excluding hydrogens is 152 g/mol. The molecule has 0 heterocycles. The smallest absolute Gasteiger partial charge is 0.136 e. The third-order valence-corrected chi connectivity index (χ3v) is 3.55. The fourth-order valence-electron chi connectivity index (χ4n) is 2.80. The first-order chi connectivity index (χ1) is 5.83. The summed E-state index contributed by atoms with van der Waals surface area (Å²) in [7, 11) is 0. The molecule has 0 amide bonds. The van der Waals surface area contributed by atoms with E-state index in [2.05, 4.69) is 0 Å². The van der Waals surface area contributed by atoms with Gasteiger partial charge in [-0.1, -0.05) is 0 Å². The molecule has 3 unspecified atom stereocenters. The molecule has 0 spiro atoms. The molecule has 2 aliphatic carbocycles. The number of carbonyl (C=O) groups excluding carboxylic acids is 1. The standard InChI is InChI=1S/C10H16O2/c11-5-1-2-7-6-9-8(7)3-4-10(9)12/h7-9,11H,1-6H2. The number of ketones is 1. The highest BCUT2D eigenvalue weighted by Crippen LogP contribution is 2.50. The predicted molar refractivity (Wildman–Crippen MR) is 45.6 cm³/mol. The van der Waals surface area contributed by atoms with Gasteiger partial charge in [0.05, 0.1) is 0 Å².